The molecule has 1 unspecified atom stereocenters. The Kier molecular flexibility index (Phi) is 7.59. The Bertz CT molecular complexity index is 1320. The van der Waals surface area contributed by atoms with Crippen LogP contribution in [0.1, 0.15) is 88.5 Å². The number of alkyl halides is 1. The first-order valence-corrected chi connectivity index (χ1v) is 15.5. The normalized spacial score (nSPS) is 28.9. The van der Waals surface area contributed by atoms with Gasteiger partial charge in [0.2, 0.25) is 11.8 Å². The van der Waals surface area contributed by atoms with Gasteiger partial charge in [-0.15, -0.1) is 0 Å². The van der Waals surface area contributed by atoms with Crippen molar-refractivity contribution in [3.05, 3.63) is 30.0 Å². The van der Waals surface area contributed by atoms with Crippen molar-refractivity contribution in [3.63, 3.8) is 0 Å². The first-order valence-electron chi connectivity index (χ1n) is 15.5. The Morgan fingerprint density at radius 2 is 1.80 bits per heavy atom. The van der Waals surface area contributed by atoms with Crippen LogP contribution in [0.4, 0.5) is 10.1 Å². The summed E-state index contributed by atoms with van der Waals surface area (Å²) >= 11 is 0. The molecule has 4 aliphatic rings. The predicted octanol–water partition coefficient (Wildman–Crippen LogP) is 5.34. The van der Waals surface area contributed by atoms with Gasteiger partial charge in [0, 0.05) is 29.6 Å². The minimum Gasteiger partial charge on any atom is -0.434 e. The lowest BCUT2D eigenvalue weighted by Crippen LogP contribution is -2.50. The molecule has 6 rings (SSSR count). The quantitative estimate of drug-likeness (QED) is 0.459. The van der Waals surface area contributed by atoms with E-state index in [1.807, 2.05) is 47.6 Å². The van der Waals surface area contributed by atoms with Crippen molar-refractivity contribution in [1.29, 1.82) is 0 Å². The number of aromatic nitrogens is 1. The zero-order valence-electron chi connectivity index (χ0n) is 24.2. The summed E-state index contributed by atoms with van der Waals surface area (Å²) in [5.74, 6) is 0.152. The monoisotopic (exact) mass is 566 g/mol. The van der Waals surface area contributed by atoms with Gasteiger partial charge in [0.05, 0.1) is 5.52 Å². The number of rotatable bonds is 6. The van der Waals surface area contributed by atoms with E-state index >= 15 is 0 Å². The number of fused-ring (bicyclic) bond motifs is 3. The second-order valence-electron chi connectivity index (χ2n) is 13.2. The summed E-state index contributed by atoms with van der Waals surface area (Å²) in [6, 6.07) is 6.52. The van der Waals surface area contributed by atoms with Crippen LogP contribution in [0, 0.1) is 23.7 Å². The van der Waals surface area contributed by atoms with E-state index in [9.17, 15) is 18.8 Å². The topological polar surface area (TPSA) is 107 Å². The number of cyclic esters (lactones) is 1. The van der Waals surface area contributed by atoms with E-state index in [1.54, 1.807) is 0 Å². The second kappa shape index (κ2) is 11.0. The average molecular weight is 567 g/mol. The molecule has 0 bridgehead atoms. The number of carbonyl (C=O) groups excluding carboxylic acids is 3. The number of amides is 2. The fraction of sp³-hybridized carbons (Fsp3) is 0.656. The number of benzene rings is 1. The van der Waals surface area contributed by atoms with Gasteiger partial charge in [-0.2, -0.15) is 0 Å². The Morgan fingerprint density at radius 3 is 2.51 bits per heavy atom. The van der Waals surface area contributed by atoms with Crippen LogP contribution >= 0.6 is 0 Å². The number of ether oxygens (including phenoxy) is 1. The minimum atomic E-state index is -0.771. The predicted molar refractivity (Wildman–Crippen MR) is 155 cm³/mol. The van der Waals surface area contributed by atoms with Crippen molar-refractivity contribution < 1.29 is 23.5 Å². The molecule has 1 aromatic heterocycles. The highest BCUT2D eigenvalue weighted by Gasteiger charge is 2.47. The molecule has 2 aliphatic carbocycles. The maximum atomic E-state index is 14.0. The summed E-state index contributed by atoms with van der Waals surface area (Å²) < 4.78 is 20.5. The van der Waals surface area contributed by atoms with Crippen LogP contribution in [0.3, 0.4) is 0 Å². The molecule has 1 saturated heterocycles. The Labute approximate surface area is 241 Å². The van der Waals surface area contributed by atoms with Gasteiger partial charge in [-0.25, -0.2) is 9.18 Å². The third kappa shape index (κ3) is 5.15. The van der Waals surface area contributed by atoms with E-state index in [-0.39, 0.29) is 35.5 Å². The Morgan fingerprint density at radius 1 is 1.07 bits per heavy atom. The number of nitrogens with two attached hydrogens (primary N) is 1. The van der Waals surface area contributed by atoms with Crippen molar-refractivity contribution in [1.82, 2.24) is 9.47 Å². The lowest BCUT2D eigenvalue weighted by atomic mass is 9.76. The lowest BCUT2D eigenvalue weighted by molar-refractivity contribution is -0.142. The molecule has 2 saturated carbocycles. The summed E-state index contributed by atoms with van der Waals surface area (Å²) in [6.07, 6.45) is 9.56. The highest BCUT2D eigenvalue weighted by Crippen LogP contribution is 2.42. The Balaban J connectivity index is 1.22. The van der Waals surface area contributed by atoms with Crippen molar-refractivity contribution >= 4 is 34.4 Å². The molecule has 0 spiro atoms. The summed E-state index contributed by atoms with van der Waals surface area (Å²) in [6.45, 7) is 3.79. The number of esters is 1. The third-order valence-electron chi connectivity index (χ3n) is 10.3. The van der Waals surface area contributed by atoms with Crippen LogP contribution < -0.4 is 11.1 Å². The molecule has 0 radical (unpaired) electrons. The number of likely N-dealkylation sites (tertiary alicyclic amines) is 1. The van der Waals surface area contributed by atoms with E-state index in [1.165, 1.54) is 19.3 Å². The van der Waals surface area contributed by atoms with Gasteiger partial charge in [0.1, 0.15) is 18.4 Å². The molecular weight excluding hydrogens is 523 g/mol. The first kappa shape index (κ1) is 28.2. The molecule has 9 heteroatoms. The molecular formula is C32H43FN4O4. The molecule has 3 N–H and O–H groups in total. The summed E-state index contributed by atoms with van der Waals surface area (Å²) in [5, 5.41) is 4.00. The molecule has 2 aliphatic heterocycles. The smallest absolute Gasteiger partial charge is 0.357 e. The molecule has 41 heavy (non-hydrogen) atoms. The fourth-order valence-corrected chi connectivity index (χ4v) is 8.17. The number of halogens is 1. The molecule has 1 aromatic carbocycles. The molecule has 2 aromatic rings. The lowest BCUT2D eigenvalue weighted by Gasteiger charge is -2.36. The molecule has 2 amide bonds. The summed E-state index contributed by atoms with van der Waals surface area (Å²) in [7, 11) is 0. The zero-order chi connectivity index (χ0) is 28.9. The van der Waals surface area contributed by atoms with Crippen LogP contribution in [0.25, 0.3) is 10.9 Å². The van der Waals surface area contributed by atoms with E-state index in [0.717, 1.165) is 43.0 Å². The standard InChI is InChI=1S/C32H43FN4O4/c1-32(2)37-26-13-12-23(16-22(26)17-27(37)31(40)41-32)35-29(38)28-24(19-6-4-3-5-7-19)14-15-36(28)30(39)21-10-8-20(9-11-21)25(34)18-33/h12-13,16-17,19-21,24-25,28H,3-11,14-15,18,34H2,1-2H3,(H,35,38)/t20?,21?,24?,25-,28+/m1/s1. The zero-order valence-corrected chi connectivity index (χ0v) is 24.2. The second-order valence-corrected chi connectivity index (χ2v) is 13.2. The molecule has 3 heterocycles. The average Bonchev–Trinajstić information content (AvgIpc) is 3.65. The van der Waals surface area contributed by atoms with Crippen LogP contribution in [0.5, 0.6) is 0 Å². The van der Waals surface area contributed by atoms with E-state index in [0.29, 0.717) is 36.7 Å². The molecule has 8 nitrogen and oxygen atoms in total. The third-order valence-corrected chi connectivity index (χ3v) is 10.3. The number of nitrogens with zero attached hydrogens (tertiary/aromatic N) is 2. The molecule has 222 valence electrons. The minimum absolute atomic E-state index is 0.0655. The van der Waals surface area contributed by atoms with Gasteiger partial charge < -0.3 is 20.7 Å². The number of nitrogens with one attached hydrogen (secondary N) is 1. The van der Waals surface area contributed by atoms with Crippen molar-refractivity contribution in [2.24, 2.45) is 29.4 Å². The maximum absolute atomic E-state index is 14.0. The van der Waals surface area contributed by atoms with Gasteiger partial charge in [0.15, 0.2) is 5.72 Å². The molecule has 3 atom stereocenters. The van der Waals surface area contributed by atoms with Crippen molar-refractivity contribution in [2.45, 2.75) is 95.9 Å². The maximum Gasteiger partial charge on any atom is 0.357 e. The summed E-state index contributed by atoms with van der Waals surface area (Å²) in [5.41, 5.74) is 7.21. The van der Waals surface area contributed by atoms with Gasteiger partial charge in [-0.05, 0) is 88.0 Å². The number of anilines is 1. The van der Waals surface area contributed by atoms with Gasteiger partial charge >= 0.3 is 5.97 Å². The van der Waals surface area contributed by atoms with Gasteiger partial charge in [-0.3, -0.25) is 14.2 Å². The van der Waals surface area contributed by atoms with Crippen LogP contribution in [-0.2, 0) is 20.1 Å². The Hall–Kier alpha value is -2.94. The number of hydrogen-bond donors (Lipinski definition) is 2. The summed E-state index contributed by atoms with van der Waals surface area (Å²) in [4.78, 5) is 42.2. The first-order chi connectivity index (χ1) is 19.7. The van der Waals surface area contributed by atoms with Crippen molar-refractivity contribution in [3.8, 4) is 0 Å². The van der Waals surface area contributed by atoms with E-state index < -0.39 is 24.5 Å². The molecule has 3 fully saturated rings. The highest BCUT2D eigenvalue weighted by molar-refractivity contribution is 6.02. The SMILES string of the molecule is CC1(C)OC(=O)c2cc3cc(NC(=O)[C@@H]4C(C5CCCCC5)CCN4C(=O)C4CCC([C@H](N)CF)CC4)ccc3n21. The number of carbonyl (C=O) groups is 3. The van der Waals surface area contributed by atoms with Gasteiger partial charge in [0.25, 0.3) is 0 Å². The van der Waals surface area contributed by atoms with Crippen LogP contribution in [-0.4, -0.2) is 52.6 Å². The van der Waals surface area contributed by atoms with E-state index in [2.05, 4.69) is 5.32 Å². The van der Waals surface area contributed by atoms with Gasteiger partial charge in [-0.1, -0.05) is 32.1 Å². The fourth-order valence-electron chi connectivity index (χ4n) is 8.17. The largest absolute Gasteiger partial charge is 0.434 e. The van der Waals surface area contributed by atoms with E-state index in [4.69, 9.17) is 10.5 Å². The van der Waals surface area contributed by atoms with Crippen molar-refractivity contribution in [2.75, 3.05) is 18.5 Å². The van der Waals surface area contributed by atoms with Crippen LogP contribution in [0.2, 0.25) is 0 Å². The van der Waals surface area contributed by atoms with Crippen LogP contribution in [0.15, 0.2) is 24.3 Å². The number of hydrogen-bond acceptors (Lipinski definition) is 5. The highest BCUT2D eigenvalue weighted by atomic mass is 19.1.